The van der Waals surface area contributed by atoms with E-state index in [4.69, 9.17) is 14.2 Å². The van der Waals surface area contributed by atoms with Crippen LogP contribution >= 0.6 is 0 Å². The van der Waals surface area contributed by atoms with Gasteiger partial charge in [-0.3, -0.25) is 4.79 Å². The number of rotatable bonds is 8. The molecule has 2 aliphatic rings. The van der Waals surface area contributed by atoms with Crippen LogP contribution in [0.5, 0.6) is 11.5 Å². The highest BCUT2D eigenvalue weighted by atomic mass is 32.2. The monoisotopic (exact) mass is 479 g/mol. The second-order valence-corrected chi connectivity index (χ2v) is 10.2. The summed E-state index contributed by atoms with van der Waals surface area (Å²) in [7, 11) is -0.258. The average molecular weight is 480 g/mol. The van der Waals surface area contributed by atoms with Crippen molar-refractivity contribution in [1.29, 1.82) is 0 Å². The van der Waals surface area contributed by atoms with Gasteiger partial charge in [0.2, 0.25) is 10.0 Å². The van der Waals surface area contributed by atoms with E-state index in [1.807, 2.05) is 6.92 Å². The number of benzene rings is 1. The molecule has 1 aromatic carbocycles. The van der Waals surface area contributed by atoms with Crippen molar-refractivity contribution in [2.45, 2.75) is 45.1 Å². The largest absolute Gasteiger partial charge is 0.497 e. The van der Waals surface area contributed by atoms with Crippen LogP contribution in [-0.4, -0.2) is 72.9 Å². The fraction of sp³-hybridized carbons (Fsp3) is 0.571. The summed E-state index contributed by atoms with van der Waals surface area (Å²) in [5.41, 5.74) is 1.21. The van der Waals surface area contributed by atoms with Gasteiger partial charge in [-0.25, -0.2) is 17.8 Å². The van der Waals surface area contributed by atoms with Crippen LogP contribution in [0.4, 0.5) is 0 Å². The summed E-state index contributed by atoms with van der Waals surface area (Å²) in [4.78, 5) is 14.9. The first kappa shape index (κ1) is 23.5. The van der Waals surface area contributed by atoms with Gasteiger partial charge in [0.15, 0.2) is 0 Å². The Morgan fingerprint density at radius 2 is 2.09 bits per heavy atom. The molecule has 1 N–H and O–H groups in total. The molecular formula is C21H29N5O6S. The molecule has 2 aromatic rings. The number of carbonyl (C=O) groups is 1. The van der Waals surface area contributed by atoms with Crippen molar-refractivity contribution in [2.75, 3.05) is 33.1 Å². The molecule has 3 heterocycles. The van der Waals surface area contributed by atoms with E-state index in [-0.39, 0.29) is 24.8 Å². The van der Waals surface area contributed by atoms with Gasteiger partial charge in [-0.2, -0.15) is 0 Å². The van der Waals surface area contributed by atoms with E-state index in [1.165, 1.54) is 7.11 Å². The van der Waals surface area contributed by atoms with Crippen molar-refractivity contribution in [1.82, 2.24) is 24.6 Å². The highest BCUT2D eigenvalue weighted by molar-refractivity contribution is 7.89. The Bertz CT molecular complexity index is 1130. The van der Waals surface area contributed by atoms with Crippen molar-refractivity contribution in [3.8, 4) is 11.5 Å². The zero-order valence-electron chi connectivity index (χ0n) is 19.0. The molecule has 12 heteroatoms. The van der Waals surface area contributed by atoms with E-state index in [0.717, 1.165) is 5.69 Å². The number of nitrogens with zero attached hydrogens (tertiary/aromatic N) is 4. The molecular weight excluding hydrogens is 450 g/mol. The van der Waals surface area contributed by atoms with E-state index in [0.29, 0.717) is 55.2 Å². The third kappa shape index (κ3) is 4.82. The Morgan fingerprint density at radius 1 is 1.27 bits per heavy atom. The van der Waals surface area contributed by atoms with Crippen molar-refractivity contribution < 1.29 is 27.4 Å². The van der Waals surface area contributed by atoms with Crippen LogP contribution in [0.2, 0.25) is 0 Å². The molecule has 0 radical (unpaired) electrons. The molecule has 1 aromatic heterocycles. The highest BCUT2D eigenvalue weighted by Gasteiger charge is 2.45. The highest BCUT2D eigenvalue weighted by Crippen LogP contribution is 2.35. The maximum atomic E-state index is 13.2. The SMILES string of the molecule is CCCS(=O)(=O)NCc1nnn2c1COC1(CCN(C(=O)c3ccc(OC)cc3OC)C1)C2. The van der Waals surface area contributed by atoms with Crippen molar-refractivity contribution in [3.05, 3.63) is 35.2 Å². The summed E-state index contributed by atoms with van der Waals surface area (Å²) >= 11 is 0. The minimum Gasteiger partial charge on any atom is -0.497 e. The van der Waals surface area contributed by atoms with Gasteiger partial charge >= 0.3 is 0 Å². The van der Waals surface area contributed by atoms with Crippen LogP contribution in [0.1, 0.15) is 41.5 Å². The normalized spacial score (nSPS) is 20.2. The number of aromatic nitrogens is 3. The number of hydrogen-bond acceptors (Lipinski definition) is 8. The van der Waals surface area contributed by atoms with Gasteiger partial charge in [0.05, 0.1) is 57.5 Å². The fourth-order valence-corrected chi connectivity index (χ4v) is 5.30. The molecule has 180 valence electrons. The first-order valence-electron chi connectivity index (χ1n) is 10.8. The van der Waals surface area contributed by atoms with Crippen LogP contribution in [0.25, 0.3) is 0 Å². The number of likely N-dealkylation sites (tertiary alicyclic amines) is 1. The summed E-state index contributed by atoms with van der Waals surface area (Å²) < 4.78 is 45.0. The maximum absolute atomic E-state index is 13.2. The summed E-state index contributed by atoms with van der Waals surface area (Å²) in [6.45, 7) is 3.55. The van der Waals surface area contributed by atoms with Gasteiger partial charge < -0.3 is 19.1 Å². The smallest absolute Gasteiger partial charge is 0.257 e. The summed E-state index contributed by atoms with van der Waals surface area (Å²) in [5.74, 6) is 1.01. The number of sulfonamides is 1. The van der Waals surface area contributed by atoms with Gasteiger partial charge in [0.1, 0.15) is 22.8 Å². The van der Waals surface area contributed by atoms with Crippen molar-refractivity contribution in [3.63, 3.8) is 0 Å². The van der Waals surface area contributed by atoms with Crippen LogP contribution in [-0.2, 0) is 34.5 Å². The minimum absolute atomic E-state index is 0.0684. The lowest BCUT2D eigenvalue weighted by Gasteiger charge is -2.34. The van der Waals surface area contributed by atoms with E-state index in [9.17, 15) is 13.2 Å². The van der Waals surface area contributed by atoms with Gasteiger partial charge in [-0.15, -0.1) is 5.10 Å². The van der Waals surface area contributed by atoms with Gasteiger partial charge in [0.25, 0.3) is 5.91 Å². The fourth-order valence-electron chi connectivity index (χ4n) is 4.26. The summed E-state index contributed by atoms with van der Waals surface area (Å²) in [5, 5.41) is 8.36. The zero-order chi connectivity index (χ0) is 23.6. The molecule has 2 aliphatic heterocycles. The Balaban J connectivity index is 1.44. The lowest BCUT2D eigenvalue weighted by molar-refractivity contribution is -0.0828. The van der Waals surface area contributed by atoms with Crippen molar-refractivity contribution in [2.24, 2.45) is 0 Å². The minimum atomic E-state index is -3.34. The van der Waals surface area contributed by atoms with E-state index < -0.39 is 15.6 Å². The number of methoxy groups -OCH3 is 2. The molecule has 1 fully saturated rings. The quantitative estimate of drug-likeness (QED) is 0.593. The Morgan fingerprint density at radius 3 is 2.82 bits per heavy atom. The standard InChI is InChI=1S/C21H29N5O6S/c1-4-9-33(28,29)22-11-17-18-12-32-21(14-26(18)24-23-17)7-8-25(13-21)20(27)16-6-5-15(30-2)10-19(16)31-3/h5-6,10,22H,4,7-9,11-14H2,1-3H3. The molecule has 1 spiro atoms. The number of carbonyl (C=O) groups excluding carboxylic acids is 1. The summed E-state index contributed by atoms with van der Waals surface area (Å²) in [6, 6.07) is 5.12. The first-order valence-corrected chi connectivity index (χ1v) is 12.5. The molecule has 1 saturated heterocycles. The zero-order valence-corrected chi connectivity index (χ0v) is 19.9. The van der Waals surface area contributed by atoms with Gasteiger partial charge in [-0.1, -0.05) is 12.1 Å². The first-order chi connectivity index (χ1) is 15.8. The molecule has 0 bridgehead atoms. The average Bonchev–Trinajstić information content (AvgIpc) is 3.40. The topological polar surface area (TPSA) is 125 Å². The van der Waals surface area contributed by atoms with Crippen molar-refractivity contribution >= 4 is 15.9 Å². The lowest BCUT2D eigenvalue weighted by atomic mass is 10.0. The molecule has 1 atom stereocenters. The summed E-state index contributed by atoms with van der Waals surface area (Å²) in [6.07, 6.45) is 1.20. The maximum Gasteiger partial charge on any atom is 0.257 e. The molecule has 0 aliphatic carbocycles. The number of ether oxygens (including phenoxy) is 3. The lowest BCUT2D eigenvalue weighted by Crippen LogP contribution is -2.45. The Hall–Kier alpha value is -2.70. The van der Waals surface area contributed by atoms with Crippen LogP contribution < -0.4 is 14.2 Å². The second-order valence-electron chi connectivity index (χ2n) is 8.30. The van der Waals surface area contributed by atoms with Gasteiger partial charge in [-0.05, 0) is 25.0 Å². The molecule has 33 heavy (non-hydrogen) atoms. The Kier molecular flexibility index (Phi) is 6.59. The Labute approximate surface area is 193 Å². The predicted octanol–water partition coefficient (Wildman–Crippen LogP) is 0.940. The number of fused-ring (bicyclic) bond motifs is 1. The molecule has 1 unspecified atom stereocenters. The van der Waals surface area contributed by atoms with E-state index in [1.54, 1.807) is 34.9 Å². The van der Waals surface area contributed by atoms with E-state index in [2.05, 4.69) is 15.0 Å². The van der Waals surface area contributed by atoms with Crippen LogP contribution in [0.3, 0.4) is 0 Å². The molecule has 4 rings (SSSR count). The molecule has 0 saturated carbocycles. The van der Waals surface area contributed by atoms with E-state index >= 15 is 0 Å². The number of amides is 1. The third-order valence-electron chi connectivity index (χ3n) is 6.05. The predicted molar refractivity (Wildman–Crippen MR) is 119 cm³/mol. The van der Waals surface area contributed by atoms with Crippen LogP contribution in [0, 0.1) is 0 Å². The number of hydrogen-bond donors (Lipinski definition) is 1. The third-order valence-corrected chi connectivity index (χ3v) is 7.58. The molecule has 1 amide bonds. The number of nitrogens with one attached hydrogen (secondary N) is 1. The second kappa shape index (κ2) is 9.27. The molecule has 11 nitrogen and oxygen atoms in total. The van der Waals surface area contributed by atoms with Crippen LogP contribution in [0.15, 0.2) is 18.2 Å². The van der Waals surface area contributed by atoms with Gasteiger partial charge in [0, 0.05) is 12.6 Å².